The van der Waals surface area contributed by atoms with E-state index in [9.17, 15) is 4.79 Å². The summed E-state index contributed by atoms with van der Waals surface area (Å²) < 4.78 is 5.45. The van der Waals surface area contributed by atoms with Crippen LogP contribution in [-0.2, 0) is 0 Å². The molecular weight excluding hydrogens is 240 g/mol. The predicted molar refractivity (Wildman–Crippen MR) is 75.6 cm³/mol. The van der Waals surface area contributed by atoms with E-state index in [2.05, 4.69) is 10.6 Å². The first-order chi connectivity index (χ1) is 9.31. The van der Waals surface area contributed by atoms with Crippen molar-refractivity contribution in [2.75, 3.05) is 19.7 Å². The van der Waals surface area contributed by atoms with Crippen LogP contribution in [0.4, 0.5) is 0 Å². The molecule has 2 N–H and O–H groups in total. The van der Waals surface area contributed by atoms with Crippen LogP contribution in [0, 0.1) is 0 Å². The number of carbonyl (C=O) groups excluding carboxylic acids is 1. The summed E-state index contributed by atoms with van der Waals surface area (Å²) in [6.07, 6.45) is 3.56. The molecule has 4 heteroatoms. The number of benzene rings is 1. The van der Waals surface area contributed by atoms with Crippen LogP contribution in [0.2, 0.25) is 0 Å². The van der Waals surface area contributed by atoms with E-state index < -0.39 is 0 Å². The van der Waals surface area contributed by atoms with Gasteiger partial charge in [0.25, 0.3) is 5.91 Å². The standard InChI is InChI=1S/C15H22N2O2/c1-2-19-14-7-4-3-6-13(14)15(18)17-11-5-10-16-12-8-9-12/h3-4,6-7,12,16H,2,5,8-11H2,1H3,(H,17,18). The van der Waals surface area contributed by atoms with Gasteiger partial charge in [-0.1, -0.05) is 12.1 Å². The summed E-state index contributed by atoms with van der Waals surface area (Å²) in [7, 11) is 0. The second-order valence-corrected chi connectivity index (χ2v) is 4.77. The van der Waals surface area contributed by atoms with Crippen LogP contribution in [0.1, 0.15) is 36.5 Å². The SMILES string of the molecule is CCOc1ccccc1C(=O)NCCCNC1CC1. The molecule has 1 aliphatic rings. The van der Waals surface area contributed by atoms with E-state index in [1.165, 1.54) is 12.8 Å². The molecule has 0 unspecified atom stereocenters. The zero-order chi connectivity index (χ0) is 13.5. The zero-order valence-electron chi connectivity index (χ0n) is 11.4. The van der Waals surface area contributed by atoms with Gasteiger partial charge < -0.3 is 15.4 Å². The van der Waals surface area contributed by atoms with E-state index in [0.29, 0.717) is 24.5 Å². The molecule has 0 atom stereocenters. The molecule has 1 saturated carbocycles. The van der Waals surface area contributed by atoms with Crippen LogP contribution in [0.25, 0.3) is 0 Å². The van der Waals surface area contributed by atoms with Crippen LogP contribution >= 0.6 is 0 Å². The summed E-state index contributed by atoms with van der Waals surface area (Å²) in [5.41, 5.74) is 0.611. The van der Waals surface area contributed by atoms with Gasteiger partial charge >= 0.3 is 0 Å². The number of carbonyl (C=O) groups is 1. The number of amides is 1. The van der Waals surface area contributed by atoms with E-state index in [1.807, 2.05) is 25.1 Å². The number of nitrogens with one attached hydrogen (secondary N) is 2. The van der Waals surface area contributed by atoms with Gasteiger partial charge in [0.05, 0.1) is 12.2 Å². The lowest BCUT2D eigenvalue weighted by atomic mass is 10.2. The molecule has 1 aromatic carbocycles. The maximum absolute atomic E-state index is 12.0. The molecule has 2 rings (SSSR count). The molecule has 0 saturated heterocycles. The first kappa shape index (κ1) is 13.9. The Morgan fingerprint density at radius 2 is 2.11 bits per heavy atom. The first-order valence-corrected chi connectivity index (χ1v) is 7.04. The Kier molecular flexibility index (Phi) is 5.21. The molecule has 104 valence electrons. The van der Waals surface area contributed by atoms with Crippen molar-refractivity contribution < 1.29 is 9.53 Å². The third-order valence-electron chi connectivity index (χ3n) is 3.08. The van der Waals surface area contributed by atoms with Crippen molar-refractivity contribution in [3.8, 4) is 5.75 Å². The van der Waals surface area contributed by atoms with Crippen molar-refractivity contribution >= 4 is 5.91 Å². The van der Waals surface area contributed by atoms with Crippen molar-refractivity contribution in [1.82, 2.24) is 10.6 Å². The predicted octanol–water partition coefficient (Wildman–Crippen LogP) is 1.96. The molecule has 1 aliphatic carbocycles. The number of para-hydroxylation sites is 1. The van der Waals surface area contributed by atoms with Gasteiger partial charge in [-0.25, -0.2) is 0 Å². The van der Waals surface area contributed by atoms with Crippen LogP contribution in [-0.4, -0.2) is 31.6 Å². The fourth-order valence-electron chi connectivity index (χ4n) is 1.91. The number of rotatable bonds is 8. The molecule has 0 heterocycles. The van der Waals surface area contributed by atoms with E-state index in [-0.39, 0.29) is 5.91 Å². The lowest BCUT2D eigenvalue weighted by Gasteiger charge is -2.10. The Hall–Kier alpha value is -1.55. The highest BCUT2D eigenvalue weighted by molar-refractivity contribution is 5.96. The van der Waals surface area contributed by atoms with Gasteiger partial charge in [-0.15, -0.1) is 0 Å². The largest absolute Gasteiger partial charge is 0.493 e. The molecule has 19 heavy (non-hydrogen) atoms. The Morgan fingerprint density at radius 1 is 1.32 bits per heavy atom. The van der Waals surface area contributed by atoms with Crippen LogP contribution in [0.15, 0.2) is 24.3 Å². The third-order valence-corrected chi connectivity index (χ3v) is 3.08. The average Bonchev–Trinajstić information content (AvgIpc) is 3.23. The summed E-state index contributed by atoms with van der Waals surface area (Å²) in [6.45, 7) is 4.14. The number of hydrogen-bond donors (Lipinski definition) is 2. The zero-order valence-corrected chi connectivity index (χ0v) is 11.4. The highest BCUT2D eigenvalue weighted by Gasteiger charge is 2.19. The quantitative estimate of drug-likeness (QED) is 0.704. The van der Waals surface area contributed by atoms with Gasteiger partial charge in [0, 0.05) is 12.6 Å². The average molecular weight is 262 g/mol. The molecule has 0 spiro atoms. The van der Waals surface area contributed by atoms with E-state index in [0.717, 1.165) is 19.0 Å². The van der Waals surface area contributed by atoms with Crippen LogP contribution in [0.5, 0.6) is 5.75 Å². The number of ether oxygens (including phenoxy) is 1. The molecule has 0 bridgehead atoms. The Morgan fingerprint density at radius 3 is 2.84 bits per heavy atom. The maximum atomic E-state index is 12.0. The van der Waals surface area contributed by atoms with Crippen molar-refractivity contribution in [1.29, 1.82) is 0 Å². The Balaban J connectivity index is 1.74. The maximum Gasteiger partial charge on any atom is 0.255 e. The normalized spacial score (nSPS) is 14.2. The van der Waals surface area contributed by atoms with E-state index in [1.54, 1.807) is 6.07 Å². The van der Waals surface area contributed by atoms with Gasteiger partial charge in [-0.3, -0.25) is 4.79 Å². The summed E-state index contributed by atoms with van der Waals surface area (Å²) >= 11 is 0. The third kappa shape index (κ3) is 4.56. The summed E-state index contributed by atoms with van der Waals surface area (Å²) in [4.78, 5) is 12.0. The van der Waals surface area contributed by atoms with Crippen LogP contribution in [0.3, 0.4) is 0 Å². The second kappa shape index (κ2) is 7.14. The molecule has 1 amide bonds. The van der Waals surface area contributed by atoms with Crippen LogP contribution < -0.4 is 15.4 Å². The lowest BCUT2D eigenvalue weighted by molar-refractivity contribution is 0.0949. The van der Waals surface area contributed by atoms with Crippen molar-refractivity contribution in [3.05, 3.63) is 29.8 Å². The molecule has 1 fully saturated rings. The van der Waals surface area contributed by atoms with Crippen molar-refractivity contribution in [3.63, 3.8) is 0 Å². The summed E-state index contributed by atoms with van der Waals surface area (Å²) in [5, 5.41) is 6.36. The van der Waals surface area contributed by atoms with Gasteiger partial charge in [0.15, 0.2) is 0 Å². The van der Waals surface area contributed by atoms with Gasteiger partial charge in [0.2, 0.25) is 0 Å². The number of hydrogen-bond acceptors (Lipinski definition) is 3. The molecule has 0 aliphatic heterocycles. The molecule has 0 radical (unpaired) electrons. The fourth-order valence-corrected chi connectivity index (χ4v) is 1.91. The van der Waals surface area contributed by atoms with Gasteiger partial charge in [-0.05, 0) is 44.9 Å². The highest BCUT2D eigenvalue weighted by Crippen LogP contribution is 2.18. The van der Waals surface area contributed by atoms with Crippen molar-refractivity contribution in [2.45, 2.75) is 32.2 Å². The van der Waals surface area contributed by atoms with Gasteiger partial charge in [-0.2, -0.15) is 0 Å². The van der Waals surface area contributed by atoms with Crippen molar-refractivity contribution in [2.24, 2.45) is 0 Å². The molecular formula is C15H22N2O2. The molecule has 4 nitrogen and oxygen atoms in total. The monoisotopic (exact) mass is 262 g/mol. The summed E-state index contributed by atoms with van der Waals surface area (Å²) in [5.74, 6) is 0.592. The highest BCUT2D eigenvalue weighted by atomic mass is 16.5. The van der Waals surface area contributed by atoms with E-state index in [4.69, 9.17) is 4.74 Å². The lowest BCUT2D eigenvalue weighted by Crippen LogP contribution is -2.28. The smallest absolute Gasteiger partial charge is 0.255 e. The minimum absolute atomic E-state index is 0.0597. The second-order valence-electron chi connectivity index (χ2n) is 4.77. The first-order valence-electron chi connectivity index (χ1n) is 7.04. The Labute approximate surface area is 114 Å². The minimum atomic E-state index is -0.0597. The fraction of sp³-hybridized carbons (Fsp3) is 0.533. The topological polar surface area (TPSA) is 50.4 Å². The molecule has 0 aromatic heterocycles. The molecule has 1 aromatic rings. The van der Waals surface area contributed by atoms with E-state index >= 15 is 0 Å². The van der Waals surface area contributed by atoms with Gasteiger partial charge in [0.1, 0.15) is 5.75 Å². The Bertz CT molecular complexity index is 416. The minimum Gasteiger partial charge on any atom is -0.493 e. The summed E-state index contributed by atoms with van der Waals surface area (Å²) in [6, 6.07) is 8.08.